The van der Waals surface area contributed by atoms with Gasteiger partial charge in [0.2, 0.25) is 21.9 Å². The van der Waals surface area contributed by atoms with Gasteiger partial charge >= 0.3 is 6.18 Å². The van der Waals surface area contributed by atoms with Crippen LogP contribution in [0.25, 0.3) is 0 Å². The van der Waals surface area contributed by atoms with Crippen molar-refractivity contribution in [2.75, 3.05) is 51.0 Å². The summed E-state index contributed by atoms with van der Waals surface area (Å²) in [5.41, 5.74) is -0.584. The zero-order valence-electron chi connectivity index (χ0n) is 18.4. The number of likely N-dealkylation sites (tertiary alicyclic amines) is 1. The number of hydrogen-bond acceptors (Lipinski definition) is 7. The lowest BCUT2D eigenvalue weighted by Crippen LogP contribution is -2.35. The van der Waals surface area contributed by atoms with Crippen LogP contribution in [-0.4, -0.2) is 74.3 Å². The lowest BCUT2D eigenvalue weighted by Gasteiger charge is -2.25. The minimum absolute atomic E-state index is 0.00999. The molecular weight excluding hydrogens is 461 g/mol. The second-order valence-corrected chi connectivity index (χ2v) is 9.92. The maximum atomic E-state index is 13.5. The van der Waals surface area contributed by atoms with Crippen molar-refractivity contribution >= 4 is 33.4 Å². The molecule has 1 saturated heterocycles. The molecule has 0 unspecified atom stereocenters. The number of halogens is 3. The average Bonchev–Trinajstić information content (AvgIpc) is 3.16. The van der Waals surface area contributed by atoms with Crippen LogP contribution in [0, 0.1) is 0 Å². The summed E-state index contributed by atoms with van der Waals surface area (Å²) in [6, 6.07) is 5.70. The number of alkyl halides is 3. The minimum atomic E-state index is -4.66. The van der Waals surface area contributed by atoms with Crippen molar-refractivity contribution in [2.24, 2.45) is 0 Å². The molecule has 1 fully saturated rings. The number of hydrogen-bond donors (Lipinski definition) is 1. The van der Waals surface area contributed by atoms with Crippen LogP contribution < -0.4 is 10.2 Å². The molecule has 180 valence electrons. The van der Waals surface area contributed by atoms with Crippen LogP contribution in [0.5, 0.6) is 0 Å². The number of rotatable bonds is 8. The maximum absolute atomic E-state index is 13.5. The molecule has 33 heavy (non-hydrogen) atoms. The van der Waals surface area contributed by atoms with Crippen LogP contribution in [0.15, 0.2) is 35.4 Å². The number of nitrogens with zero attached hydrogens (tertiary/aromatic N) is 5. The molecule has 1 amide bonds. The summed E-state index contributed by atoms with van der Waals surface area (Å²) in [5.74, 6) is -0.409. The molecule has 13 heteroatoms. The third-order valence-corrected chi connectivity index (χ3v) is 7.03. The van der Waals surface area contributed by atoms with Crippen LogP contribution in [0.1, 0.15) is 18.4 Å². The van der Waals surface area contributed by atoms with Gasteiger partial charge in [0.15, 0.2) is 0 Å². The van der Waals surface area contributed by atoms with Crippen LogP contribution in [0.2, 0.25) is 0 Å². The molecule has 3 rings (SSSR count). The Morgan fingerprint density at radius 1 is 1.15 bits per heavy atom. The van der Waals surface area contributed by atoms with E-state index < -0.39 is 21.8 Å². The van der Waals surface area contributed by atoms with Crippen molar-refractivity contribution in [2.45, 2.75) is 23.9 Å². The Morgan fingerprint density at radius 2 is 1.82 bits per heavy atom. The Labute approximate surface area is 190 Å². The summed E-state index contributed by atoms with van der Waals surface area (Å²) in [7, 11) is 0.690. The predicted molar refractivity (Wildman–Crippen MR) is 117 cm³/mol. The average molecular weight is 487 g/mol. The summed E-state index contributed by atoms with van der Waals surface area (Å²) < 4.78 is 66.0. The van der Waals surface area contributed by atoms with E-state index in [9.17, 15) is 26.4 Å². The lowest BCUT2D eigenvalue weighted by atomic mass is 10.2. The first-order valence-corrected chi connectivity index (χ1v) is 11.6. The van der Waals surface area contributed by atoms with Gasteiger partial charge in [0.1, 0.15) is 11.4 Å². The van der Waals surface area contributed by atoms with Gasteiger partial charge in [-0.1, -0.05) is 0 Å². The van der Waals surface area contributed by atoms with Crippen LogP contribution in [0.3, 0.4) is 0 Å². The Kier molecular flexibility index (Phi) is 7.12. The summed E-state index contributed by atoms with van der Waals surface area (Å²) in [4.78, 5) is 22.6. The molecule has 1 aliphatic rings. The highest BCUT2D eigenvalue weighted by molar-refractivity contribution is 7.89. The number of aromatic nitrogens is 2. The molecule has 1 aromatic carbocycles. The van der Waals surface area contributed by atoms with Crippen molar-refractivity contribution < 1.29 is 26.4 Å². The first kappa shape index (κ1) is 24.7. The van der Waals surface area contributed by atoms with Crippen molar-refractivity contribution in [3.63, 3.8) is 0 Å². The molecule has 2 aromatic rings. The van der Waals surface area contributed by atoms with E-state index in [1.165, 1.54) is 50.3 Å². The van der Waals surface area contributed by atoms with Crippen molar-refractivity contribution in [3.05, 3.63) is 36.0 Å². The van der Waals surface area contributed by atoms with Gasteiger partial charge in [0.25, 0.3) is 0 Å². The van der Waals surface area contributed by atoms with Gasteiger partial charge in [0.05, 0.1) is 4.90 Å². The number of carbonyl (C=O) groups excluding carboxylic acids is 1. The monoisotopic (exact) mass is 486 g/mol. The SMILES string of the molecule is CN(CCN1CCCC1=O)c1nc(Nc2ccc(S(=O)(=O)N(C)C)cc2)ncc1C(F)(F)F. The zero-order valence-corrected chi connectivity index (χ0v) is 19.2. The Morgan fingerprint density at radius 3 is 2.36 bits per heavy atom. The first-order valence-electron chi connectivity index (χ1n) is 10.1. The molecule has 9 nitrogen and oxygen atoms in total. The Hall–Kier alpha value is -2.93. The fourth-order valence-corrected chi connectivity index (χ4v) is 4.19. The van der Waals surface area contributed by atoms with Gasteiger partial charge in [-0.25, -0.2) is 17.7 Å². The zero-order chi connectivity index (χ0) is 24.4. The van der Waals surface area contributed by atoms with Gasteiger partial charge in [-0.2, -0.15) is 18.2 Å². The Balaban J connectivity index is 1.81. The van der Waals surface area contributed by atoms with E-state index in [2.05, 4.69) is 15.3 Å². The molecule has 0 saturated carbocycles. The molecule has 0 aliphatic carbocycles. The summed E-state index contributed by atoms with van der Waals surface area (Å²) >= 11 is 0. The standard InChI is InChI=1S/C20H25F3N6O3S/c1-27(2)33(31,32)15-8-6-14(7-9-15)25-19-24-13-16(20(21,22)23)18(26-19)28(3)11-12-29-10-4-5-17(29)30/h6-9,13H,4-5,10-12H2,1-3H3,(H,24,25,26). The van der Waals surface area contributed by atoms with Crippen molar-refractivity contribution in [1.29, 1.82) is 0 Å². The van der Waals surface area contributed by atoms with Crippen molar-refractivity contribution in [3.8, 4) is 0 Å². The highest BCUT2D eigenvalue weighted by Gasteiger charge is 2.36. The number of carbonyl (C=O) groups is 1. The van der Waals surface area contributed by atoms with E-state index in [0.717, 1.165) is 10.7 Å². The highest BCUT2D eigenvalue weighted by atomic mass is 32.2. The van der Waals surface area contributed by atoms with E-state index in [0.29, 0.717) is 31.4 Å². The summed E-state index contributed by atoms with van der Waals surface area (Å²) in [6.45, 7) is 1.05. The molecule has 1 aromatic heterocycles. The highest BCUT2D eigenvalue weighted by Crippen LogP contribution is 2.35. The quantitative estimate of drug-likeness (QED) is 0.612. The molecule has 1 aliphatic heterocycles. The van der Waals surface area contributed by atoms with E-state index in [1.54, 1.807) is 4.90 Å². The van der Waals surface area contributed by atoms with Gasteiger partial charge in [0, 0.05) is 59.1 Å². The topological polar surface area (TPSA) is 98.7 Å². The smallest absolute Gasteiger partial charge is 0.357 e. The van der Waals surface area contributed by atoms with E-state index in [-0.39, 0.29) is 29.1 Å². The van der Waals surface area contributed by atoms with Gasteiger partial charge in [-0.3, -0.25) is 4.79 Å². The maximum Gasteiger partial charge on any atom is 0.421 e. The van der Waals surface area contributed by atoms with Gasteiger partial charge in [-0.05, 0) is 30.7 Å². The molecule has 2 heterocycles. The summed E-state index contributed by atoms with van der Waals surface area (Å²) in [6.07, 6.45) is -2.76. The molecular formula is C20H25F3N6O3S. The lowest BCUT2D eigenvalue weighted by molar-refractivity contribution is -0.137. The van der Waals surface area contributed by atoms with Crippen LogP contribution in [0.4, 0.5) is 30.6 Å². The molecule has 0 atom stereocenters. The van der Waals surface area contributed by atoms with Crippen molar-refractivity contribution in [1.82, 2.24) is 19.2 Å². The Bertz CT molecular complexity index is 1110. The predicted octanol–water partition coefficient (Wildman–Crippen LogP) is 2.55. The number of sulfonamides is 1. The largest absolute Gasteiger partial charge is 0.421 e. The number of likely N-dealkylation sites (N-methyl/N-ethyl adjacent to an activating group) is 1. The summed E-state index contributed by atoms with van der Waals surface area (Å²) in [5, 5.41) is 2.80. The van der Waals surface area contributed by atoms with Crippen LogP contribution in [-0.2, 0) is 21.0 Å². The van der Waals surface area contributed by atoms with E-state index >= 15 is 0 Å². The molecule has 0 radical (unpaired) electrons. The number of anilines is 3. The second-order valence-electron chi connectivity index (χ2n) is 7.77. The third kappa shape index (κ3) is 5.71. The number of nitrogens with one attached hydrogen (secondary N) is 1. The minimum Gasteiger partial charge on any atom is -0.357 e. The van der Waals surface area contributed by atoms with Gasteiger partial charge < -0.3 is 15.1 Å². The normalized spacial score (nSPS) is 14.8. The molecule has 0 bridgehead atoms. The fraction of sp³-hybridized carbons (Fsp3) is 0.450. The number of amides is 1. The first-order chi connectivity index (χ1) is 15.4. The molecule has 1 N–H and O–H groups in total. The molecule has 0 spiro atoms. The number of benzene rings is 1. The second kappa shape index (κ2) is 9.51. The van der Waals surface area contributed by atoms with Gasteiger partial charge in [-0.15, -0.1) is 0 Å². The van der Waals surface area contributed by atoms with Crippen LogP contribution >= 0.6 is 0 Å². The third-order valence-electron chi connectivity index (χ3n) is 5.20. The fourth-order valence-electron chi connectivity index (χ4n) is 3.29. The van der Waals surface area contributed by atoms with E-state index in [4.69, 9.17) is 0 Å². The van der Waals surface area contributed by atoms with E-state index in [1.807, 2.05) is 0 Å².